The Kier molecular flexibility index (Phi) is 4.54. The highest BCUT2D eigenvalue weighted by Gasteiger charge is 2.23. The van der Waals surface area contributed by atoms with Crippen LogP contribution in [0.4, 0.5) is 4.39 Å². The summed E-state index contributed by atoms with van der Waals surface area (Å²) >= 11 is 0. The van der Waals surface area contributed by atoms with Crippen molar-refractivity contribution in [2.24, 2.45) is 5.92 Å². The van der Waals surface area contributed by atoms with Crippen LogP contribution in [-0.2, 0) is 10.0 Å². The molecule has 19 heavy (non-hydrogen) atoms. The molecule has 1 aliphatic rings. The molecule has 0 aliphatic carbocycles. The highest BCUT2D eigenvalue weighted by atomic mass is 32.2. The first kappa shape index (κ1) is 14.4. The molecule has 1 aromatic rings. The lowest BCUT2D eigenvalue weighted by molar-refractivity contribution is 0.300. The molecule has 0 radical (unpaired) electrons. The smallest absolute Gasteiger partial charge is 0.240 e. The monoisotopic (exact) mass is 286 g/mol. The Balaban J connectivity index is 2.01. The molecular formula is C13H19FN2O2S. The lowest BCUT2D eigenvalue weighted by Gasteiger charge is -2.30. The second-order valence-electron chi connectivity index (χ2n) is 4.99. The van der Waals surface area contributed by atoms with Crippen LogP contribution in [0.1, 0.15) is 19.8 Å². The van der Waals surface area contributed by atoms with Crippen molar-refractivity contribution in [2.45, 2.75) is 30.7 Å². The van der Waals surface area contributed by atoms with Gasteiger partial charge in [-0.3, -0.25) is 0 Å². The number of rotatable bonds is 4. The molecule has 0 amide bonds. The van der Waals surface area contributed by atoms with Crippen molar-refractivity contribution in [1.82, 2.24) is 10.0 Å². The van der Waals surface area contributed by atoms with Crippen molar-refractivity contribution >= 4 is 10.0 Å². The summed E-state index contributed by atoms with van der Waals surface area (Å²) < 4.78 is 39.7. The summed E-state index contributed by atoms with van der Waals surface area (Å²) in [4.78, 5) is -0.0315. The SMILES string of the molecule is CC1CCCNC1CNS(=O)(=O)c1cccc(F)c1. The van der Waals surface area contributed by atoms with Crippen molar-refractivity contribution in [3.63, 3.8) is 0 Å². The summed E-state index contributed by atoms with van der Waals surface area (Å²) in [5, 5.41) is 3.30. The van der Waals surface area contributed by atoms with Crippen molar-refractivity contribution in [2.75, 3.05) is 13.1 Å². The van der Waals surface area contributed by atoms with E-state index in [1.54, 1.807) is 0 Å². The van der Waals surface area contributed by atoms with Gasteiger partial charge < -0.3 is 5.32 Å². The number of nitrogens with one attached hydrogen (secondary N) is 2. The molecule has 6 heteroatoms. The zero-order valence-corrected chi connectivity index (χ0v) is 11.7. The van der Waals surface area contributed by atoms with Gasteiger partial charge in [-0.05, 0) is 43.5 Å². The predicted octanol–water partition coefficient (Wildman–Crippen LogP) is 1.49. The van der Waals surface area contributed by atoms with Gasteiger partial charge in [-0.15, -0.1) is 0 Å². The van der Waals surface area contributed by atoms with Gasteiger partial charge in [0.2, 0.25) is 10.0 Å². The Hall–Kier alpha value is -0.980. The zero-order valence-electron chi connectivity index (χ0n) is 10.9. The molecule has 2 atom stereocenters. The third-order valence-electron chi connectivity index (χ3n) is 3.53. The maximum atomic E-state index is 13.0. The van der Waals surface area contributed by atoms with E-state index in [2.05, 4.69) is 17.0 Å². The molecule has 2 N–H and O–H groups in total. The van der Waals surface area contributed by atoms with Crippen molar-refractivity contribution in [3.05, 3.63) is 30.1 Å². The Labute approximate surface area is 113 Å². The Bertz CT molecular complexity index is 533. The molecule has 1 aliphatic heterocycles. The first-order valence-electron chi connectivity index (χ1n) is 6.47. The molecular weight excluding hydrogens is 267 g/mol. The van der Waals surface area contributed by atoms with E-state index in [1.807, 2.05) is 0 Å². The molecule has 4 nitrogen and oxygen atoms in total. The van der Waals surface area contributed by atoms with Crippen molar-refractivity contribution in [1.29, 1.82) is 0 Å². The van der Waals surface area contributed by atoms with Crippen LogP contribution in [0, 0.1) is 11.7 Å². The molecule has 1 saturated heterocycles. The molecule has 2 unspecified atom stereocenters. The average molecular weight is 286 g/mol. The van der Waals surface area contributed by atoms with Gasteiger partial charge in [-0.2, -0.15) is 0 Å². The average Bonchev–Trinajstić information content (AvgIpc) is 2.38. The third-order valence-corrected chi connectivity index (χ3v) is 4.95. The summed E-state index contributed by atoms with van der Waals surface area (Å²) in [5.41, 5.74) is 0. The van der Waals surface area contributed by atoms with Crippen LogP contribution in [0.3, 0.4) is 0 Å². The lowest BCUT2D eigenvalue weighted by Crippen LogP contribution is -2.47. The minimum absolute atomic E-state index is 0.0315. The largest absolute Gasteiger partial charge is 0.312 e. The van der Waals surface area contributed by atoms with Gasteiger partial charge in [0, 0.05) is 12.6 Å². The van der Waals surface area contributed by atoms with E-state index in [4.69, 9.17) is 0 Å². The molecule has 0 saturated carbocycles. The van der Waals surface area contributed by atoms with E-state index in [-0.39, 0.29) is 10.9 Å². The highest BCUT2D eigenvalue weighted by molar-refractivity contribution is 7.89. The second kappa shape index (κ2) is 5.98. The molecule has 106 valence electrons. The minimum atomic E-state index is -3.64. The maximum absolute atomic E-state index is 13.0. The van der Waals surface area contributed by atoms with Crippen LogP contribution in [-0.4, -0.2) is 27.5 Å². The summed E-state index contributed by atoms with van der Waals surface area (Å²) in [7, 11) is -3.64. The minimum Gasteiger partial charge on any atom is -0.312 e. The van der Waals surface area contributed by atoms with E-state index in [1.165, 1.54) is 18.2 Å². The lowest BCUT2D eigenvalue weighted by atomic mass is 9.93. The van der Waals surface area contributed by atoms with Gasteiger partial charge in [0.1, 0.15) is 5.82 Å². The normalized spacial score (nSPS) is 24.3. The number of hydrogen-bond acceptors (Lipinski definition) is 3. The zero-order chi connectivity index (χ0) is 13.9. The molecule has 0 aromatic heterocycles. The number of piperidine rings is 1. The first-order valence-corrected chi connectivity index (χ1v) is 7.96. The van der Waals surface area contributed by atoms with Crippen LogP contribution in [0.25, 0.3) is 0 Å². The Morgan fingerprint density at radius 2 is 2.26 bits per heavy atom. The van der Waals surface area contributed by atoms with Crippen LogP contribution in [0.5, 0.6) is 0 Å². The Morgan fingerprint density at radius 1 is 1.47 bits per heavy atom. The summed E-state index contributed by atoms with van der Waals surface area (Å²) in [6.07, 6.45) is 2.22. The second-order valence-corrected chi connectivity index (χ2v) is 6.76. The van der Waals surface area contributed by atoms with Crippen molar-refractivity contribution in [3.8, 4) is 0 Å². The highest BCUT2D eigenvalue weighted by Crippen LogP contribution is 2.16. The fourth-order valence-electron chi connectivity index (χ4n) is 2.30. The number of sulfonamides is 1. The van der Waals surface area contributed by atoms with Gasteiger partial charge in [0.05, 0.1) is 4.90 Å². The van der Waals surface area contributed by atoms with E-state index in [0.717, 1.165) is 25.5 Å². The van der Waals surface area contributed by atoms with Crippen LogP contribution in [0.15, 0.2) is 29.2 Å². The summed E-state index contributed by atoms with van der Waals surface area (Å²) in [5.74, 6) is -0.115. The summed E-state index contributed by atoms with van der Waals surface area (Å²) in [6.45, 7) is 3.35. The van der Waals surface area contributed by atoms with Gasteiger partial charge in [-0.25, -0.2) is 17.5 Å². The van der Waals surface area contributed by atoms with Crippen molar-refractivity contribution < 1.29 is 12.8 Å². The summed E-state index contributed by atoms with van der Waals surface area (Å²) in [6, 6.07) is 5.18. The molecule has 2 rings (SSSR count). The quantitative estimate of drug-likeness (QED) is 0.881. The van der Waals surface area contributed by atoms with Crippen LogP contribution in [0.2, 0.25) is 0 Å². The standard InChI is InChI=1S/C13H19FN2O2S/c1-10-4-3-7-15-13(10)9-16-19(17,18)12-6-2-5-11(14)8-12/h2,5-6,8,10,13,15-16H,3-4,7,9H2,1H3. The molecule has 1 aromatic carbocycles. The molecule has 0 bridgehead atoms. The van der Waals surface area contributed by atoms with Gasteiger partial charge in [0.15, 0.2) is 0 Å². The molecule has 1 fully saturated rings. The topological polar surface area (TPSA) is 58.2 Å². The number of halogens is 1. The van der Waals surface area contributed by atoms with Gasteiger partial charge >= 0.3 is 0 Å². The number of benzene rings is 1. The van der Waals surface area contributed by atoms with E-state index < -0.39 is 15.8 Å². The van der Waals surface area contributed by atoms with E-state index in [9.17, 15) is 12.8 Å². The molecule has 0 spiro atoms. The predicted molar refractivity (Wildman–Crippen MR) is 71.8 cm³/mol. The van der Waals surface area contributed by atoms with Crippen LogP contribution >= 0.6 is 0 Å². The Morgan fingerprint density at radius 3 is 2.95 bits per heavy atom. The maximum Gasteiger partial charge on any atom is 0.240 e. The number of hydrogen-bond donors (Lipinski definition) is 2. The third kappa shape index (κ3) is 3.75. The van der Waals surface area contributed by atoms with E-state index in [0.29, 0.717) is 12.5 Å². The fourth-order valence-corrected chi connectivity index (χ4v) is 3.40. The molecule has 1 heterocycles. The first-order chi connectivity index (χ1) is 8.99. The van der Waals surface area contributed by atoms with Gasteiger partial charge in [-0.1, -0.05) is 13.0 Å². The van der Waals surface area contributed by atoms with E-state index >= 15 is 0 Å². The van der Waals surface area contributed by atoms with Gasteiger partial charge in [0.25, 0.3) is 0 Å². The fraction of sp³-hybridized carbons (Fsp3) is 0.538. The van der Waals surface area contributed by atoms with Crippen LogP contribution < -0.4 is 10.0 Å².